The maximum absolute atomic E-state index is 12.4. The molecule has 0 saturated heterocycles. The molecular weight excluding hydrogens is 224 g/mol. The standard InChI is InChI=1S/C15H28N2O/c1-10-6-3-4-9-14(10)17-15(18)12-7-5-8-13(16)11(12)2/h10-14H,3-9,16H2,1-2H3,(H,17,18). The van der Waals surface area contributed by atoms with Gasteiger partial charge in [0.2, 0.25) is 5.91 Å². The van der Waals surface area contributed by atoms with Crippen LogP contribution in [-0.2, 0) is 4.79 Å². The van der Waals surface area contributed by atoms with E-state index in [4.69, 9.17) is 5.73 Å². The smallest absolute Gasteiger partial charge is 0.223 e. The highest BCUT2D eigenvalue weighted by molar-refractivity contribution is 5.79. The van der Waals surface area contributed by atoms with E-state index in [2.05, 4.69) is 19.2 Å². The van der Waals surface area contributed by atoms with Crippen LogP contribution in [0.25, 0.3) is 0 Å². The van der Waals surface area contributed by atoms with Gasteiger partial charge in [-0.1, -0.05) is 33.1 Å². The lowest BCUT2D eigenvalue weighted by Crippen LogP contribution is -2.49. The van der Waals surface area contributed by atoms with Gasteiger partial charge < -0.3 is 11.1 Å². The lowest BCUT2D eigenvalue weighted by Gasteiger charge is -2.36. The zero-order valence-electron chi connectivity index (χ0n) is 11.8. The van der Waals surface area contributed by atoms with Crippen LogP contribution in [0, 0.1) is 17.8 Å². The number of amides is 1. The maximum Gasteiger partial charge on any atom is 0.223 e. The summed E-state index contributed by atoms with van der Waals surface area (Å²) < 4.78 is 0. The third kappa shape index (κ3) is 3.05. The van der Waals surface area contributed by atoms with Crippen LogP contribution < -0.4 is 11.1 Å². The fraction of sp³-hybridized carbons (Fsp3) is 0.933. The molecule has 0 radical (unpaired) electrons. The quantitative estimate of drug-likeness (QED) is 0.793. The summed E-state index contributed by atoms with van der Waals surface area (Å²) in [7, 11) is 0. The molecule has 3 N–H and O–H groups in total. The van der Waals surface area contributed by atoms with Crippen LogP contribution in [0.15, 0.2) is 0 Å². The lowest BCUT2D eigenvalue weighted by molar-refractivity contribution is -0.129. The summed E-state index contributed by atoms with van der Waals surface area (Å²) in [5.41, 5.74) is 6.09. The average Bonchev–Trinajstić information content (AvgIpc) is 2.35. The maximum atomic E-state index is 12.4. The molecule has 0 heterocycles. The Hall–Kier alpha value is -0.570. The first-order valence-corrected chi connectivity index (χ1v) is 7.65. The van der Waals surface area contributed by atoms with Crippen LogP contribution >= 0.6 is 0 Å². The van der Waals surface area contributed by atoms with Crippen LogP contribution in [0.2, 0.25) is 0 Å². The van der Waals surface area contributed by atoms with Crippen molar-refractivity contribution in [3.8, 4) is 0 Å². The van der Waals surface area contributed by atoms with Gasteiger partial charge in [0.25, 0.3) is 0 Å². The van der Waals surface area contributed by atoms with Crippen LogP contribution in [0.4, 0.5) is 0 Å². The summed E-state index contributed by atoms with van der Waals surface area (Å²) in [5.74, 6) is 1.37. The molecule has 3 heteroatoms. The van der Waals surface area contributed by atoms with E-state index in [9.17, 15) is 4.79 Å². The summed E-state index contributed by atoms with van der Waals surface area (Å²) in [6.07, 6.45) is 8.17. The first-order valence-electron chi connectivity index (χ1n) is 7.65. The number of rotatable bonds is 2. The van der Waals surface area contributed by atoms with Gasteiger partial charge in [0.05, 0.1) is 0 Å². The second-order valence-electron chi connectivity index (χ2n) is 6.44. The molecule has 1 amide bonds. The van der Waals surface area contributed by atoms with Gasteiger partial charge >= 0.3 is 0 Å². The van der Waals surface area contributed by atoms with Crippen LogP contribution in [0.1, 0.15) is 58.8 Å². The molecule has 5 atom stereocenters. The number of carbonyl (C=O) groups excluding carboxylic acids is 1. The van der Waals surface area contributed by atoms with E-state index in [0.29, 0.717) is 17.9 Å². The molecule has 0 aliphatic heterocycles. The molecule has 0 bridgehead atoms. The third-order valence-corrected chi connectivity index (χ3v) is 5.14. The minimum atomic E-state index is 0.142. The van der Waals surface area contributed by atoms with Gasteiger partial charge in [-0.2, -0.15) is 0 Å². The third-order valence-electron chi connectivity index (χ3n) is 5.14. The van der Waals surface area contributed by atoms with Gasteiger partial charge in [-0.15, -0.1) is 0 Å². The molecule has 3 nitrogen and oxygen atoms in total. The Labute approximate surface area is 111 Å². The molecule has 0 spiro atoms. The molecule has 18 heavy (non-hydrogen) atoms. The van der Waals surface area contributed by atoms with Gasteiger partial charge in [0.15, 0.2) is 0 Å². The molecule has 0 aromatic heterocycles. The minimum Gasteiger partial charge on any atom is -0.353 e. The second-order valence-corrected chi connectivity index (χ2v) is 6.44. The van der Waals surface area contributed by atoms with Gasteiger partial charge in [0, 0.05) is 18.0 Å². The van der Waals surface area contributed by atoms with Crippen molar-refractivity contribution < 1.29 is 4.79 Å². The highest BCUT2D eigenvalue weighted by Crippen LogP contribution is 2.30. The highest BCUT2D eigenvalue weighted by atomic mass is 16.2. The Kier molecular flexibility index (Phi) is 4.66. The van der Waals surface area contributed by atoms with E-state index in [1.54, 1.807) is 0 Å². The Bertz CT molecular complexity index is 292. The summed E-state index contributed by atoms with van der Waals surface area (Å²) in [5, 5.41) is 3.29. The monoisotopic (exact) mass is 252 g/mol. The zero-order valence-corrected chi connectivity index (χ0v) is 11.8. The molecular formula is C15H28N2O. The minimum absolute atomic E-state index is 0.142. The van der Waals surface area contributed by atoms with Crippen LogP contribution in [0.5, 0.6) is 0 Å². The van der Waals surface area contributed by atoms with Crippen molar-refractivity contribution in [2.45, 2.75) is 70.9 Å². The summed E-state index contributed by atoms with van der Waals surface area (Å²) in [6, 6.07) is 0.606. The summed E-state index contributed by atoms with van der Waals surface area (Å²) in [6.45, 7) is 4.40. The normalized spacial score (nSPS) is 41.4. The van der Waals surface area contributed by atoms with Crippen LogP contribution in [0.3, 0.4) is 0 Å². The Morgan fingerprint density at radius 1 is 1.06 bits per heavy atom. The molecule has 0 aromatic rings. The molecule has 2 aliphatic carbocycles. The predicted molar refractivity (Wildman–Crippen MR) is 74.0 cm³/mol. The van der Waals surface area contributed by atoms with E-state index < -0.39 is 0 Å². The number of carbonyl (C=O) groups is 1. The van der Waals surface area contributed by atoms with E-state index >= 15 is 0 Å². The zero-order chi connectivity index (χ0) is 13.1. The Morgan fingerprint density at radius 2 is 1.78 bits per heavy atom. The van der Waals surface area contributed by atoms with Crippen molar-refractivity contribution in [1.29, 1.82) is 0 Å². The average molecular weight is 252 g/mol. The fourth-order valence-electron chi connectivity index (χ4n) is 3.59. The van der Waals surface area contributed by atoms with E-state index in [0.717, 1.165) is 25.7 Å². The van der Waals surface area contributed by atoms with Crippen molar-refractivity contribution in [2.24, 2.45) is 23.5 Å². The number of hydrogen-bond donors (Lipinski definition) is 2. The molecule has 2 saturated carbocycles. The molecule has 2 fully saturated rings. The predicted octanol–water partition coefficient (Wildman–Crippen LogP) is 2.44. The Balaban J connectivity index is 1.90. The first kappa shape index (κ1) is 13.9. The molecule has 2 aliphatic rings. The van der Waals surface area contributed by atoms with E-state index in [-0.39, 0.29) is 17.9 Å². The number of hydrogen-bond acceptors (Lipinski definition) is 2. The van der Waals surface area contributed by atoms with Gasteiger partial charge in [-0.3, -0.25) is 4.79 Å². The van der Waals surface area contributed by atoms with Crippen molar-refractivity contribution in [1.82, 2.24) is 5.32 Å². The van der Waals surface area contributed by atoms with E-state index in [1.807, 2.05) is 0 Å². The highest BCUT2D eigenvalue weighted by Gasteiger charge is 2.34. The number of nitrogens with one attached hydrogen (secondary N) is 1. The Morgan fingerprint density at radius 3 is 2.50 bits per heavy atom. The SMILES string of the molecule is CC1CCCCC1NC(=O)C1CCCC(N)C1C. The van der Waals surface area contributed by atoms with Gasteiger partial charge in [0.1, 0.15) is 0 Å². The molecule has 2 rings (SSSR count). The molecule has 104 valence electrons. The first-order chi connectivity index (χ1) is 8.59. The van der Waals surface area contributed by atoms with Crippen molar-refractivity contribution in [2.75, 3.05) is 0 Å². The summed E-state index contributed by atoms with van der Waals surface area (Å²) in [4.78, 5) is 12.4. The van der Waals surface area contributed by atoms with E-state index in [1.165, 1.54) is 19.3 Å². The van der Waals surface area contributed by atoms with Gasteiger partial charge in [-0.25, -0.2) is 0 Å². The topological polar surface area (TPSA) is 55.1 Å². The van der Waals surface area contributed by atoms with Crippen molar-refractivity contribution in [3.05, 3.63) is 0 Å². The molecule has 0 aromatic carbocycles. The number of nitrogens with two attached hydrogens (primary N) is 1. The summed E-state index contributed by atoms with van der Waals surface area (Å²) >= 11 is 0. The van der Waals surface area contributed by atoms with Crippen molar-refractivity contribution in [3.63, 3.8) is 0 Å². The molecule has 5 unspecified atom stereocenters. The second kappa shape index (κ2) is 6.05. The van der Waals surface area contributed by atoms with Crippen LogP contribution in [-0.4, -0.2) is 18.0 Å². The van der Waals surface area contributed by atoms with Gasteiger partial charge in [-0.05, 0) is 37.5 Å². The fourth-order valence-corrected chi connectivity index (χ4v) is 3.59. The lowest BCUT2D eigenvalue weighted by atomic mass is 9.76. The van der Waals surface area contributed by atoms with Crippen molar-refractivity contribution >= 4 is 5.91 Å². The largest absolute Gasteiger partial charge is 0.353 e.